The molecule has 0 spiro atoms. The third kappa shape index (κ3) is 2.65. The van der Waals surface area contributed by atoms with Crippen molar-refractivity contribution in [2.75, 3.05) is 13.1 Å². The highest BCUT2D eigenvalue weighted by molar-refractivity contribution is 7.89. The molecule has 0 aromatic heterocycles. The van der Waals surface area contributed by atoms with Crippen molar-refractivity contribution < 1.29 is 8.42 Å². The van der Waals surface area contributed by atoms with Gasteiger partial charge in [0.1, 0.15) is 0 Å². The number of sulfonamides is 1. The van der Waals surface area contributed by atoms with Crippen LogP contribution >= 0.6 is 23.2 Å². The highest BCUT2D eigenvalue weighted by Gasteiger charge is 2.34. The fraction of sp³-hybridized carbons (Fsp3) is 0.455. The molecule has 1 aliphatic heterocycles. The quantitative estimate of drug-likeness (QED) is 0.930. The maximum Gasteiger partial charge on any atom is 0.243 e. The molecule has 1 atom stereocenters. The molecule has 1 aromatic carbocycles. The molecule has 1 heterocycles. The molecule has 0 unspecified atom stereocenters. The number of halogens is 2. The Kier molecular flexibility index (Phi) is 4.18. The van der Waals surface area contributed by atoms with Crippen LogP contribution in [0.2, 0.25) is 10.0 Å². The highest BCUT2D eigenvalue weighted by Crippen LogP contribution is 2.29. The van der Waals surface area contributed by atoms with Crippen molar-refractivity contribution in [1.29, 1.82) is 0 Å². The Hall–Kier alpha value is -0.330. The van der Waals surface area contributed by atoms with Gasteiger partial charge in [0, 0.05) is 29.2 Å². The smallest absolute Gasteiger partial charge is 0.243 e. The predicted octanol–water partition coefficient (Wildman–Crippen LogP) is 2.11. The summed E-state index contributed by atoms with van der Waals surface area (Å²) in [5.41, 5.74) is 5.60. The van der Waals surface area contributed by atoms with E-state index in [9.17, 15) is 8.42 Å². The Morgan fingerprint density at radius 2 is 1.89 bits per heavy atom. The summed E-state index contributed by atoms with van der Waals surface area (Å²) in [5, 5.41) is 0.620. The largest absolute Gasteiger partial charge is 0.329 e. The summed E-state index contributed by atoms with van der Waals surface area (Å²) in [4.78, 5) is 0.125. The first-order valence-electron chi connectivity index (χ1n) is 5.63. The summed E-state index contributed by atoms with van der Waals surface area (Å²) in [6.45, 7) is 0.821. The normalized spacial score (nSPS) is 21.4. The molecule has 1 fully saturated rings. The standard InChI is InChI=1S/C11H14Cl2N2O2S/c12-8-4-9(13)6-11(5-8)18(16,17)15-3-1-2-10(15)7-14/h4-6,10H,1-3,7,14H2/t10-/m1/s1. The molecule has 1 aliphatic rings. The molecule has 0 amide bonds. The second-order valence-corrected chi connectivity index (χ2v) is 7.02. The second-order valence-electron chi connectivity index (χ2n) is 4.25. The molecule has 1 aromatic rings. The van der Waals surface area contributed by atoms with Crippen LogP contribution in [-0.2, 0) is 10.0 Å². The van der Waals surface area contributed by atoms with Crippen molar-refractivity contribution in [3.63, 3.8) is 0 Å². The van der Waals surface area contributed by atoms with Gasteiger partial charge in [0.25, 0.3) is 0 Å². The number of hydrogen-bond acceptors (Lipinski definition) is 3. The Bertz CT molecular complexity index is 528. The zero-order chi connectivity index (χ0) is 13.3. The van der Waals surface area contributed by atoms with Gasteiger partial charge in [-0.15, -0.1) is 0 Å². The van der Waals surface area contributed by atoms with E-state index in [1.54, 1.807) is 0 Å². The van der Waals surface area contributed by atoms with Crippen molar-refractivity contribution in [2.24, 2.45) is 5.73 Å². The van der Waals surface area contributed by atoms with Gasteiger partial charge in [-0.05, 0) is 31.0 Å². The molecular formula is C11H14Cl2N2O2S. The Morgan fingerprint density at radius 3 is 2.44 bits per heavy atom. The second kappa shape index (κ2) is 5.35. The lowest BCUT2D eigenvalue weighted by atomic mass is 10.2. The molecular weight excluding hydrogens is 295 g/mol. The Balaban J connectivity index is 2.41. The molecule has 2 N–H and O–H groups in total. The lowest BCUT2D eigenvalue weighted by molar-refractivity contribution is 0.393. The van der Waals surface area contributed by atoms with Crippen LogP contribution in [0.1, 0.15) is 12.8 Å². The van der Waals surface area contributed by atoms with E-state index in [4.69, 9.17) is 28.9 Å². The average Bonchev–Trinajstić information content (AvgIpc) is 2.76. The van der Waals surface area contributed by atoms with Crippen molar-refractivity contribution in [3.8, 4) is 0 Å². The third-order valence-corrected chi connectivity index (χ3v) is 5.40. The maximum atomic E-state index is 12.5. The summed E-state index contributed by atoms with van der Waals surface area (Å²) in [6.07, 6.45) is 1.62. The molecule has 100 valence electrons. The number of rotatable bonds is 3. The van der Waals surface area contributed by atoms with Crippen LogP contribution in [-0.4, -0.2) is 31.9 Å². The number of nitrogens with two attached hydrogens (primary N) is 1. The summed E-state index contributed by atoms with van der Waals surface area (Å²) in [7, 11) is -3.56. The number of nitrogens with zero attached hydrogens (tertiary/aromatic N) is 1. The van der Waals surface area contributed by atoms with Gasteiger partial charge >= 0.3 is 0 Å². The van der Waals surface area contributed by atoms with Crippen molar-refractivity contribution in [3.05, 3.63) is 28.2 Å². The monoisotopic (exact) mass is 308 g/mol. The number of hydrogen-bond donors (Lipinski definition) is 1. The third-order valence-electron chi connectivity index (χ3n) is 3.04. The lowest BCUT2D eigenvalue weighted by Crippen LogP contribution is -2.39. The van der Waals surface area contributed by atoms with E-state index < -0.39 is 10.0 Å². The van der Waals surface area contributed by atoms with E-state index in [1.165, 1.54) is 22.5 Å². The van der Waals surface area contributed by atoms with E-state index in [0.29, 0.717) is 23.1 Å². The van der Waals surface area contributed by atoms with Gasteiger partial charge in [-0.1, -0.05) is 23.2 Å². The van der Waals surface area contributed by atoms with Crippen LogP contribution in [0.5, 0.6) is 0 Å². The summed E-state index contributed by atoms with van der Waals surface area (Å²) in [5.74, 6) is 0. The van der Waals surface area contributed by atoms with Crippen molar-refractivity contribution in [1.82, 2.24) is 4.31 Å². The highest BCUT2D eigenvalue weighted by atomic mass is 35.5. The molecule has 0 saturated carbocycles. The van der Waals surface area contributed by atoms with Gasteiger partial charge in [-0.2, -0.15) is 4.31 Å². The van der Waals surface area contributed by atoms with Gasteiger partial charge in [0.15, 0.2) is 0 Å². The number of benzene rings is 1. The molecule has 7 heteroatoms. The zero-order valence-corrected chi connectivity index (χ0v) is 12.0. The predicted molar refractivity (Wildman–Crippen MR) is 72.4 cm³/mol. The first-order valence-corrected chi connectivity index (χ1v) is 7.83. The molecule has 0 radical (unpaired) electrons. The van der Waals surface area contributed by atoms with E-state index in [2.05, 4.69) is 0 Å². The van der Waals surface area contributed by atoms with Gasteiger partial charge in [-0.3, -0.25) is 0 Å². The van der Waals surface area contributed by atoms with Gasteiger partial charge in [-0.25, -0.2) is 8.42 Å². The molecule has 0 aliphatic carbocycles. The average molecular weight is 309 g/mol. The minimum atomic E-state index is -3.56. The first kappa shape index (κ1) is 14.1. The molecule has 1 saturated heterocycles. The minimum Gasteiger partial charge on any atom is -0.329 e. The summed E-state index contributed by atoms with van der Waals surface area (Å²) >= 11 is 11.7. The van der Waals surface area contributed by atoms with E-state index in [1.807, 2.05) is 0 Å². The molecule has 2 rings (SSSR count). The van der Waals surface area contributed by atoms with Crippen LogP contribution < -0.4 is 5.73 Å². The van der Waals surface area contributed by atoms with Gasteiger partial charge < -0.3 is 5.73 Å². The lowest BCUT2D eigenvalue weighted by Gasteiger charge is -2.23. The fourth-order valence-electron chi connectivity index (χ4n) is 2.17. The SMILES string of the molecule is NC[C@H]1CCCN1S(=O)(=O)c1cc(Cl)cc(Cl)c1. The van der Waals surface area contributed by atoms with Crippen molar-refractivity contribution >= 4 is 33.2 Å². The van der Waals surface area contributed by atoms with Crippen LogP contribution in [0.3, 0.4) is 0 Å². The van der Waals surface area contributed by atoms with Crippen LogP contribution in [0.4, 0.5) is 0 Å². The molecule has 0 bridgehead atoms. The zero-order valence-electron chi connectivity index (χ0n) is 9.64. The van der Waals surface area contributed by atoms with E-state index >= 15 is 0 Å². The van der Waals surface area contributed by atoms with Gasteiger partial charge in [0.2, 0.25) is 10.0 Å². The maximum absolute atomic E-state index is 12.5. The van der Waals surface area contributed by atoms with Gasteiger partial charge in [0.05, 0.1) is 4.90 Å². The molecule has 4 nitrogen and oxygen atoms in total. The van der Waals surface area contributed by atoms with Crippen LogP contribution in [0.25, 0.3) is 0 Å². The fourth-order valence-corrected chi connectivity index (χ4v) is 4.61. The summed E-state index contributed by atoms with van der Waals surface area (Å²) in [6, 6.07) is 4.20. The van der Waals surface area contributed by atoms with Crippen LogP contribution in [0.15, 0.2) is 23.1 Å². The van der Waals surface area contributed by atoms with Crippen molar-refractivity contribution in [2.45, 2.75) is 23.8 Å². The summed E-state index contributed by atoms with van der Waals surface area (Å²) < 4.78 is 26.4. The molecule has 18 heavy (non-hydrogen) atoms. The topological polar surface area (TPSA) is 63.4 Å². The Labute approximate surface area is 117 Å². The first-order chi connectivity index (χ1) is 8.45. The minimum absolute atomic E-state index is 0.125. The van der Waals surface area contributed by atoms with E-state index in [0.717, 1.165) is 12.8 Å². The van der Waals surface area contributed by atoms with Crippen LogP contribution in [0, 0.1) is 0 Å². The van der Waals surface area contributed by atoms with E-state index in [-0.39, 0.29) is 10.9 Å². The Morgan fingerprint density at radius 1 is 1.28 bits per heavy atom.